The van der Waals surface area contributed by atoms with E-state index in [1.54, 1.807) is 60.4 Å². The van der Waals surface area contributed by atoms with Gasteiger partial charge in [-0.15, -0.1) is 11.3 Å². The third-order valence-corrected chi connectivity index (χ3v) is 6.77. The number of carbonyl (C=O) groups is 4. The minimum atomic E-state index is -0.518. The smallest absolute Gasteiger partial charge is 0.409 e. The first kappa shape index (κ1) is 24.2. The number of methoxy groups -OCH3 is 1. The predicted molar refractivity (Wildman–Crippen MR) is 131 cm³/mol. The third-order valence-electron chi connectivity index (χ3n) is 5.64. The van der Waals surface area contributed by atoms with Crippen LogP contribution in [0.4, 0.5) is 9.80 Å². The summed E-state index contributed by atoms with van der Waals surface area (Å²) in [5, 5.41) is 3.19. The van der Waals surface area contributed by atoms with Gasteiger partial charge in [-0.05, 0) is 31.0 Å². The highest BCUT2D eigenvalue weighted by Crippen LogP contribution is 2.38. The summed E-state index contributed by atoms with van der Waals surface area (Å²) in [4.78, 5) is 52.7. The van der Waals surface area contributed by atoms with Gasteiger partial charge in [-0.2, -0.15) is 0 Å². The predicted octanol–water partition coefficient (Wildman–Crippen LogP) is 4.53. The molecular weight excluding hydrogens is 468 g/mol. The van der Waals surface area contributed by atoms with E-state index < -0.39 is 18.0 Å². The summed E-state index contributed by atoms with van der Waals surface area (Å²) in [6.45, 7) is 2.59. The quantitative estimate of drug-likeness (QED) is 0.401. The van der Waals surface area contributed by atoms with Crippen molar-refractivity contribution >= 4 is 40.1 Å². The Hall–Kier alpha value is -3.98. The Kier molecular flexibility index (Phi) is 7.26. The van der Waals surface area contributed by atoms with Crippen molar-refractivity contribution in [1.82, 2.24) is 4.90 Å². The zero-order chi connectivity index (χ0) is 24.9. The number of hydrogen-bond donors (Lipinski definition) is 1. The molecule has 0 atom stereocenters. The number of ether oxygens (including phenoxy) is 2. The third kappa shape index (κ3) is 5.09. The van der Waals surface area contributed by atoms with Gasteiger partial charge in [0.15, 0.2) is 5.78 Å². The minimum absolute atomic E-state index is 0.136. The van der Waals surface area contributed by atoms with Crippen LogP contribution in [0.1, 0.15) is 54.0 Å². The highest BCUT2D eigenvalue weighted by atomic mass is 32.1. The number of fused-ring (bicyclic) bond motifs is 1. The van der Waals surface area contributed by atoms with Crippen molar-refractivity contribution in [1.29, 1.82) is 0 Å². The lowest BCUT2D eigenvalue weighted by Crippen LogP contribution is -2.35. The van der Waals surface area contributed by atoms with Crippen molar-refractivity contribution < 1.29 is 28.7 Å². The molecule has 0 saturated heterocycles. The first-order valence-electron chi connectivity index (χ1n) is 11.1. The fraction of sp³-hybridized carbons (Fsp3) is 0.231. The number of anilines is 1. The van der Waals surface area contributed by atoms with Crippen molar-refractivity contribution in [2.24, 2.45) is 0 Å². The van der Waals surface area contributed by atoms with Crippen molar-refractivity contribution in [3.8, 4) is 0 Å². The van der Waals surface area contributed by atoms with E-state index in [0.29, 0.717) is 40.2 Å². The molecular formula is C26H24N2O6S. The number of thiophene rings is 1. The molecule has 4 rings (SSSR count). The van der Waals surface area contributed by atoms with E-state index in [0.717, 1.165) is 10.4 Å². The van der Waals surface area contributed by atoms with Gasteiger partial charge in [-0.1, -0.05) is 42.5 Å². The number of hydrogen-bond acceptors (Lipinski definition) is 7. The van der Waals surface area contributed by atoms with Crippen LogP contribution in [0, 0.1) is 0 Å². The summed E-state index contributed by atoms with van der Waals surface area (Å²) < 4.78 is 10.0. The molecule has 0 fully saturated rings. The average molecular weight is 493 g/mol. The molecule has 1 aliphatic heterocycles. The van der Waals surface area contributed by atoms with Crippen LogP contribution in [0.2, 0.25) is 0 Å². The molecule has 0 aliphatic carbocycles. The highest BCUT2D eigenvalue weighted by molar-refractivity contribution is 7.17. The number of esters is 1. The van der Waals surface area contributed by atoms with Gasteiger partial charge in [0.25, 0.3) is 5.91 Å². The van der Waals surface area contributed by atoms with Crippen LogP contribution in [0.25, 0.3) is 0 Å². The van der Waals surface area contributed by atoms with Gasteiger partial charge in [0.05, 0.1) is 25.8 Å². The van der Waals surface area contributed by atoms with Gasteiger partial charge in [0.1, 0.15) is 5.00 Å². The van der Waals surface area contributed by atoms with Crippen molar-refractivity contribution in [2.45, 2.75) is 19.9 Å². The van der Waals surface area contributed by atoms with Crippen molar-refractivity contribution in [2.75, 3.05) is 25.6 Å². The van der Waals surface area contributed by atoms with E-state index >= 15 is 0 Å². The zero-order valence-corrected chi connectivity index (χ0v) is 20.1. The molecule has 2 amide bonds. The number of ketones is 1. The first-order valence-corrected chi connectivity index (χ1v) is 11.9. The molecule has 2 heterocycles. The lowest BCUT2D eigenvalue weighted by atomic mass is 10.0. The maximum atomic E-state index is 13.0. The van der Waals surface area contributed by atoms with Crippen LogP contribution >= 0.6 is 11.3 Å². The Balaban J connectivity index is 1.57. The van der Waals surface area contributed by atoms with E-state index in [1.165, 1.54) is 18.4 Å². The van der Waals surface area contributed by atoms with E-state index in [-0.39, 0.29) is 18.9 Å². The molecule has 1 aromatic heterocycles. The van der Waals surface area contributed by atoms with E-state index in [1.807, 2.05) is 6.07 Å². The molecule has 0 saturated carbocycles. The van der Waals surface area contributed by atoms with Crippen molar-refractivity contribution in [3.05, 3.63) is 87.3 Å². The lowest BCUT2D eigenvalue weighted by Gasteiger charge is -2.25. The molecule has 35 heavy (non-hydrogen) atoms. The summed E-state index contributed by atoms with van der Waals surface area (Å²) in [6.07, 6.45) is -0.00112. The number of carbonyl (C=O) groups excluding carboxylic acids is 4. The van der Waals surface area contributed by atoms with Crippen LogP contribution in [-0.4, -0.2) is 48.9 Å². The second kappa shape index (κ2) is 10.5. The lowest BCUT2D eigenvalue weighted by molar-refractivity contribution is 0.0526. The highest BCUT2D eigenvalue weighted by Gasteiger charge is 2.31. The Morgan fingerprint density at radius 3 is 2.29 bits per heavy atom. The molecule has 2 aromatic carbocycles. The monoisotopic (exact) mass is 492 g/mol. The maximum absolute atomic E-state index is 13.0. The number of rotatable bonds is 6. The molecule has 0 bridgehead atoms. The molecule has 3 aromatic rings. The molecule has 8 nitrogen and oxygen atoms in total. The molecule has 0 spiro atoms. The van der Waals surface area contributed by atoms with E-state index in [9.17, 15) is 19.2 Å². The zero-order valence-electron chi connectivity index (χ0n) is 19.3. The summed E-state index contributed by atoms with van der Waals surface area (Å²) in [5.41, 5.74) is 2.46. The fourth-order valence-electron chi connectivity index (χ4n) is 3.90. The molecule has 0 radical (unpaired) electrons. The van der Waals surface area contributed by atoms with Crippen LogP contribution in [0.15, 0.2) is 54.6 Å². The molecule has 0 unspecified atom stereocenters. The van der Waals surface area contributed by atoms with Gasteiger partial charge in [-0.25, -0.2) is 9.59 Å². The standard InChI is InChI=1S/C26H24N2O6S/c1-3-34-25(31)21-19-13-14-28(26(32)33-2)15-20(19)35-24(21)27-23(30)18-11-9-17(10-12-18)22(29)16-7-5-4-6-8-16/h4-12H,3,13-15H2,1-2H3,(H,27,30). The molecule has 180 valence electrons. The second-order valence-electron chi connectivity index (χ2n) is 7.80. The first-order chi connectivity index (χ1) is 16.9. The fourth-order valence-corrected chi connectivity index (χ4v) is 5.15. The minimum Gasteiger partial charge on any atom is -0.462 e. The summed E-state index contributed by atoms with van der Waals surface area (Å²) >= 11 is 1.24. The van der Waals surface area contributed by atoms with Crippen LogP contribution in [0.5, 0.6) is 0 Å². The summed E-state index contributed by atoms with van der Waals surface area (Å²) in [5.74, 6) is -1.07. The maximum Gasteiger partial charge on any atom is 0.409 e. The second-order valence-corrected chi connectivity index (χ2v) is 8.90. The number of nitrogens with one attached hydrogen (secondary N) is 1. The number of nitrogens with zero attached hydrogens (tertiary/aromatic N) is 1. The van der Waals surface area contributed by atoms with Gasteiger partial charge in [0.2, 0.25) is 0 Å². The topological polar surface area (TPSA) is 102 Å². The number of amides is 2. The molecule has 1 N–H and O–H groups in total. The van der Waals surface area contributed by atoms with Gasteiger partial charge in [0, 0.05) is 28.1 Å². The van der Waals surface area contributed by atoms with Crippen LogP contribution in [0.3, 0.4) is 0 Å². The molecule has 1 aliphatic rings. The SMILES string of the molecule is CCOC(=O)c1c(NC(=O)c2ccc(C(=O)c3ccccc3)cc2)sc2c1CCN(C(=O)OC)C2. The normalized spacial score (nSPS) is 12.5. The van der Waals surface area contributed by atoms with Crippen LogP contribution < -0.4 is 5.32 Å². The Morgan fingerprint density at radius 1 is 0.971 bits per heavy atom. The van der Waals surface area contributed by atoms with Gasteiger partial charge >= 0.3 is 12.1 Å². The van der Waals surface area contributed by atoms with Gasteiger partial charge in [-0.3, -0.25) is 9.59 Å². The molecule has 9 heteroatoms. The summed E-state index contributed by atoms with van der Waals surface area (Å²) in [7, 11) is 1.32. The Bertz CT molecular complexity index is 1270. The number of benzene rings is 2. The van der Waals surface area contributed by atoms with Crippen molar-refractivity contribution in [3.63, 3.8) is 0 Å². The summed E-state index contributed by atoms with van der Waals surface area (Å²) in [6, 6.07) is 15.2. The Labute approximate surface area is 206 Å². The van der Waals surface area contributed by atoms with Gasteiger partial charge < -0.3 is 19.7 Å². The Morgan fingerprint density at radius 2 is 1.63 bits per heavy atom. The average Bonchev–Trinajstić information content (AvgIpc) is 3.25. The van der Waals surface area contributed by atoms with Crippen LogP contribution in [-0.2, 0) is 22.4 Å². The van der Waals surface area contributed by atoms with E-state index in [2.05, 4.69) is 5.32 Å². The largest absolute Gasteiger partial charge is 0.462 e. The van der Waals surface area contributed by atoms with E-state index in [4.69, 9.17) is 9.47 Å².